The number of rotatable bonds is 13. The fourth-order valence-electron chi connectivity index (χ4n) is 5.28. The molecule has 7 nitrogen and oxygen atoms in total. The van der Waals surface area contributed by atoms with Crippen molar-refractivity contribution in [3.8, 4) is 5.75 Å². The third-order valence-electron chi connectivity index (χ3n) is 7.17. The Kier molecular flexibility index (Phi) is 9.93. The summed E-state index contributed by atoms with van der Waals surface area (Å²) in [7, 11) is 1.69. The maximum atomic E-state index is 11.3. The largest absolute Gasteiger partial charge is 0.497 e. The van der Waals surface area contributed by atoms with Crippen molar-refractivity contribution in [1.82, 2.24) is 19.9 Å². The molecule has 3 heterocycles. The third kappa shape index (κ3) is 7.64. The first-order chi connectivity index (χ1) is 17.6. The van der Waals surface area contributed by atoms with E-state index >= 15 is 0 Å². The third-order valence-corrected chi connectivity index (χ3v) is 8.17. The van der Waals surface area contributed by atoms with Gasteiger partial charge in [0, 0.05) is 42.7 Å². The summed E-state index contributed by atoms with van der Waals surface area (Å²) in [5, 5.41) is 11.4. The number of carboxylic acid groups (broad SMARTS) is 1. The molecule has 1 aromatic carbocycles. The molecule has 36 heavy (non-hydrogen) atoms. The van der Waals surface area contributed by atoms with Gasteiger partial charge in [0.05, 0.1) is 18.8 Å². The highest BCUT2D eigenvalue weighted by molar-refractivity contribution is 7.99. The van der Waals surface area contributed by atoms with Gasteiger partial charge >= 0.3 is 5.97 Å². The molecular weight excluding hydrogens is 472 g/mol. The SMILES string of the molecule is COc1ccc2nccc(CCC[C@@H]3CCN(CCCSc4cnccn4)C[C@@H]3CCC(=O)O)c2c1. The van der Waals surface area contributed by atoms with E-state index in [9.17, 15) is 9.90 Å². The lowest BCUT2D eigenvalue weighted by Crippen LogP contribution is -2.41. The number of aryl methyl sites for hydroxylation is 1. The number of ether oxygens (including phenoxy) is 1. The molecule has 1 N–H and O–H groups in total. The normalized spacial score (nSPS) is 18.4. The van der Waals surface area contributed by atoms with Crippen LogP contribution in [0.15, 0.2) is 54.1 Å². The second-order valence-electron chi connectivity index (χ2n) is 9.53. The molecule has 0 unspecified atom stereocenters. The van der Waals surface area contributed by atoms with Gasteiger partial charge in [0.15, 0.2) is 0 Å². The Morgan fingerprint density at radius 3 is 2.86 bits per heavy atom. The molecule has 2 aromatic heterocycles. The van der Waals surface area contributed by atoms with E-state index in [0.717, 1.165) is 85.6 Å². The predicted octanol–water partition coefficient (Wildman–Crippen LogP) is 5.34. The highest BCUT2D eigenvalue weighted by Gasteiger charge is 2.29. The van der Waals surface area contributed by atoms with Crippen molar-refractivity contribution in [1.29, 1.82) is 0 Å². The smallest absolute Gasteiger partial charge is 0.303 e. The maximum Gasteiger partial charge on any atom is 0.303 e. The second-order valence-corrected chi connectivity index (χ2v) is 10.6. The number of thioether (sulfide) groups is 1. The van der Waals surface area contributed by atoms with E-state index < -0.39 is 5.97 Å². The van der Waals surface area contributed by atoms with Crippen molar-refractivity contribution in [3.05, 3.63) is 54.6 Å². The molecule has 0 saturated carbocycles. The summed E-state index contributed by atoms with van der Waals surface area (Å²) >= 11 is 1.75. The van der Waals surface area contributed by atoms with Crippen molar-refractivity contribution in [2.45, 2.75) is 50.0 Å². The molecule has 8 heteroatoms. The van der Waals surface area contributed by atoms with E-state index in [1.807, 2.05) is 24.5 Å². The lowest BCUT2D eigenvalue weighted by atomic mass is 9.79. The van der Waals surface area contributed by atoms with Crippen LogP contribution in [0, 0.1) is 11.8 Å². The number of piperidine rings is 1. The fraction of sp³-hybridized carbons (Fsp3) is 0.500. The average Bonchev–Trinajstić information content (AvgIpc) is 2.91. The highest BCUT2D eigenvalue weighted by atomic mass is 32.2. The molecule has 0 spiro atoms. The monoisotopic (exact) mass is 508 g/mol. The highest BCUT2D eigenvalue weighted by Crippen LogP contribution is 2.32. The number of likely N-dealkylation sites (tertiary alicyclic amines) is 1. The van der Waals surface area contributed by atoms with Crippen molar-refractivity contribution >= 4 is 28.6 Å². The summed E-state index contributed by atoms with van der Waals surface area (Å²) in [6.07, 6.45) is 13.6. The zero-order valence-electron chi connectivity index (χ0n) is 21.0. The number of benzene rings is 1. The van der Waals surface area contributed by atoms with Gasteiger partial charge in [-0.3, -0.25) is 14.8 Å². The molecule has 1 aliphatic heterocycles. The van der Waals surface area contributed by atoms with Crippen LogP contribution < -0.4 is 4.74 Å². The van der Waals surface area contributed by atoms with Crippen LogP contribution in [-0.4, -0.2) is 63.4 Å². The van der Waals surface area contributed by atoms with Crippen LogP contribution in [-0.2, 0) is 11.2 Å². The Bertz CT molecular complexity index is 1110. The van der Waals surface area contributed by atoms with Crippen LogP contribution in [0.25, 0.3) is 10.9 Å². The molecule has 0 amide bonds. The Morgan fingerprint density at radius 2 is 2.06 bits per heavy atom. The number of carboxylic acids is 1. The van der Waals surface area contributed by atoms with Gasteiger partial charge in [-0.05, 0) is 93.3 Å². The number of methoxy groups -OCH3 is 1. The number of hydrogen-bond acceptors (Lipinski definition) is 7. The minimum Gasteiger partial charge on any atom is -0.497 e. The zero-order valence-corrected chi connectivity index (χ0v) is 21.8. The fourth-order valence-corrected chi connectivity index (χ4v) is 6.04. The molecule has 0 radical (unpaired) electrons. The van der Waals surface area contributed by atoms with Gasteiger partial charge in [0.25, 0.3) is 0 Å². The Labute approximate surface area is 217 Å². The molecule has 2 atom stereocenters. The van der Waals surface area contributed by atoms with Crippen molar-refractivity contribution in [2.75, 3.05) is 32.5 Å². The predicted molar refractivity (Wildman–Crippen MR) is 144 cm³/mol. The first-order valence-electron chi connectivity index (χ1n) is 12.9. The minimum absolute atomic E-state index is 0.256. The number of fused-ring (bicyclic) bond motifs is 1. The number of aromatic nitrogens is 3. The van der Waals surface area contributed by atoms with Crippen LogP contribution in [0.5, 0.6) is 5.75 Å². The summed E-state index contributed by atoms with van der Waals surface area (Å²) in [6.45, 7) is 3.15. The van der Waals surface area contributed by atoms with Crippen molar-refractivity contribution < 1.29 is 14.6 Å². The topological polar surface area (TPSA) is 88.4 Å². The molecule has 0 bridgehead atoms. The van der Waals surface area contributed by atoms with Gasteiger partial charge in [-0.25, -0.2) is 4.98 Å². The lowest BCUT2D eigenvalue weighted by molar-refractivity contribution is -0.137. The Balaban J connectivity index is 1.28. The standard InChI is InChI=1S/C28H36N4O3S/c1-35-24-7-8-26-25(18-24)22(10-12-30-26)5-2-4-21-11-16-32(20-23(21)6-9-28(33)34)15-3-17-36-27-19-29-13-14-31-27/h7-8,10,12-14,18-19,21,23H,2-6,9,11,15-17,20H2,1H3,(H,33,34)/t21-,23+/m1/s1. The van der Waals surface area contributed by atoms with Crippen molar-refractivity contribution in [3.63, 3.8) is 0 Å². The first-order valence-corrected chi connectivity index (χ1v) is 13.9. The summed E-state index contributed by atoms with van der Waals surface area (Å²) in [5.74, 6) is 2.20. The number of carbonyl (C=O) groups is 1. The summed E-state index contributed by atoms with van der Waals surface area (Å²) < 4.78 is 5.42. The molecule has 4 rings (SSSR count). The lowest BCUT2D eigenvalue weighted by Gasteiger charge is -2.39. The van der Waals surface area contributed by atoms with E-state index in [0.29, 0.717) is 11.8 Å². The van der Waals surface area contributed by atoms with E-state index in [4.69, 9.17) is 4.74 Å². The van der Waals surface area contributed by atoms with Gasteiger partial charge in [0.1, 0.15) is 10.8 Å². The van der Waals surface area contributed by atoms with Gasteiger partial charge in [0.2, 0.25) is 0 Å². The second kappa shape index (κ2) is 13.6. The first kappa shape index (κ1) is 26.4. The number of pyridine rings is 1. The zero-order chi connectivity index (χ0) is 25.2. The van der Waals surface area contributed by atoms with Gasteiger partial charge < -0.3 is 14.7 Å². The number of nitrogens with zero attached hydrogens (tertiary/aromatic N) is 4. The summed E-state index contributed by atoms with van der Waals surface area (Å²) in [5.41, 5.74) is 2.30. The van der Waals surface area contributed by atoms with Gasteiger partial charge in [-0.2, -0.15) is 0 Å². The van der Waals surface area contributed by atoms with E-state index in [-0.39, 0.29) is 6.42 Å². The summed E-state index contributed by atoms with van der Waals surface area (Å²) in [4.78, 5) is 26.8. The average molecular weight is 509 g/mol. The van der Waals surface area contributed by atoms with E-state index in [1.165, 1.54) is 5.56 Å². The molecule has 1 saturated heterocycles. The van der Waals surface area contributed by atoms with Crippen LogP contribution in [0.4, 0.5) is 0 Å². The number of hydrogen-bond donors (Lipinski definition) is 1. The minimum atomic E-state index is -0.691. The van der Waals surface area contributed by atoms with E-state index in [1.54, 1.807) is 31.3 Å². The van der Waals surface area contributed by atoms with Crippen LogP contribution in [0.1, 0.15) is 44.1 Å². The summed E-state index contributed by atoms with van der Waals surface area (Å²) in [6, 6.07) is 8.16. The van der Waals surface area contributed by atoms with Crippen LogP contribution >= 0.6 is 11.8 Å². The molecule has 192 valence electrons. The van der Waals surface area contributed by atoms with Gasteiger partial charge in [-0.15, -0.1) is 11.8 Å². The van der Waals surface area contributed by atoms with Gasteiger partial charge in [-0.1, -0.05) is 0 Å². The van der Waals surface area contributed by atoms with Crippen LogP contribution in [0.2, 0.25) is 0 Å². The molecule has 1 aliphatic rings. The Morgan fingerprint density at radius 1 is 1.14 bits per heavy atom. The molecule has 1 fully saturated rings. The quantitative estimate of drug-likeness (QED) is 0.244. The van der Waals surface area contributed by atoms with E-state index in [2.05, 4.69) is 32.0 Å². The number of aliphatic carboxylic acids is 1. The maximum absolute atomic E-state index is 11.3. The molecular formula is C28H36N4O3S. The molecule has 0 aliphatic carbocycles. The Hall–Kier alpha value is -2.71. The molecule has 3 aromatic rings. The van der Waals surface area contributed by atoms with Crippen LogP contribution in [0.3, 0.4) is 0 Å². The van der Waals surface area contributed by atoms with Crippen molar-refractivity contribution in [2.24, 2.45) is 11.8 Å².